The Hall–Kier alpha value is -3.96. The predicted octanol–water partition coefficient (Wildman–Crippen LogP) is 2.68. The van der Waals surface area contributed by atoms with Crippen LogP contribution in [-0.4, -0.2) is 52.2 Å². The van der Waals surface area contributed by atoms with E-state index in [1.165, 1.54) is 11.0 Å². The van der Waals surface area contributed by atoms with Crippen LogP contribution in [0.3, 0.4) is 0 Å². The van der Waals surface area contributed by atoms with Gasteiger partial charge in [-0.25, -0.2) is 19.3 Å². The second kappa shape index (κ2) is 8.02. The molecule has 0 spiro atoms. The number of aliphatic hydroxyl groups is 2. The van der Waals surface area contributed by atoms with E-state index in [-0.39, 0.29) is 36.9 Å². The van der Waals surface area contributed by atoms with Crippen molar-refractivity contribution in [2.75, 3.05) is 4.90 Å². The quantitative estimate of drug-likeness (QED) is 0.435. The fraction of sp³-hybridized carbons (Fsp3) is 0.346. The number of hydrogen-bond acceptors (Lipinski definition) is 8. The molecule has 0 unspecified atom stereocenters. The molecule has 0 saturated heterocycles. The summed E-state index contributed by atoms with van der Waals surface area (Å²) in [6.07, 6.45) is 6.08. The highest BCUT2D eigenvalue weighted by Gasteiger charge is 2.53. The fourth-order valence-corrected chi connectivity index (χ4v) is 5.23. The maximum Gasteiger partial charge on any atom is 0.268 e. The van der Waals surface area contributed by atoms with Gasteiger partial charge in [0.1, 0.15) is 5.60 Å². The normalized spacial score (nSPS) is 25.1. The van der Waals surface area contributed by atoms with E-state index in [4.69, 9.17) is 4.74 Å². The van der Waals surface area contributed by atoms with Crippen molar-refractivity contribution in [3.63, 3.8) is 0 Å². The van der Waals surface area contributed by atoms with Gasteiger partial charge in [0.2, 0.25) is 0 Å². The highest BCUT2D eigenvalue weighted by atomic mass is 19.1. The summed E-state index contributed by atoms with van der Waals surface area (Å²) >= 11 is 0. The Morgan fingerprint density at radius 1 is 1.16 bits per heavy atom. The summed E-state index contributed by atoms with van der Waals surface area (Å²) in [5.74, 6) is -0.496. The number of benzene rings is 1. The number of imidazole rings is 1. The number of amides is 1. The summed E-state index contributed by atoms with van der Waals surface area (Å²) in [5, 5.41) is 20.7. The molecule has 1 aromatic carbocycles. The summed E-state index contributed by atoms with van der Waals surface area (Å²) in [7, 11) is 0. The van der Waals surface area contributed by atoms with Gasteiger partial charge in [-0.05, 0) is 32.9 Å². The van der Waals surface area contributed by atoms with Crippen molar-refractivity contribution < 1.29 is 24.1 Å². The molecule has 1 aliphatic heterocycles. The number of aryl methyl sites for hydroxylation is 1. The minimum absolute atomic E-state index is 0.0512. The van der Waals surface area contributed by atoms with Crippen molar-refractivity contribution in [1.82, 2.24) is 24.3 Å². The standard InChI is InChI=1S/C26H25FN6O4/c1-14-20(11-33-19-6-4-5-17(27)22(19)37-15(2)23(33)34)32-10-18(28-9-21(32)31-14)16-7-29-24(30-8-16)26(36)12-25(3,35)13-26/h4-10,15,35-36H,11-13H2,1-3H3/t15-,25-,26+/m1/s1. The second-order valence-corrected chi connectivity index (χ2v) is 10.1. The van der Waals surface area contributed by atoms with Crippen molar-refractivity contribution in [2.24, 2.45) is 0 Å². The van der Waals surface area contributed by atoms with E-state index in [1.54, 1.807) is 50.8 Å². The number of carbonyl (C=O) groups excluding carboxylic acids is 1. The van der Waals surface area contributed by atoms with Crippen LogP contribution in [0.4, 0.5) is 10.1 Å². The zero-order valence-corrected chi connectivity index (χ0v) is 20.5. The Labute approximate surface area is 211 Å². The Morgan fingerprint density at radius 2 is 1.89 bits per heavy atom. The van der Waals surface area contributed by atoms with E-state index < -0.39 is 23.1 Å². The second-order valence-electron chi connectivity index (χ2n) is 10.1. The molecule has 11 heteroatoms. The van der Waals surface area contributed by atoms with Crippen LogP contribution in [0.25, 0.3) is 16.9 Å². The van der Waals surface area contributed by atoms with E-state index in [9.17, 15) is 19.4 Å². The monoisotopic (exact) mass is 504 g/mol. The number of carbonyl (C=O) groups is 1. The summed E-state index contributed by atoms with van der Waals surface area (Å²) < 4.78 is 21.8. The number of rotatable bonds is 4. The van der Waals surface area contributed by atoms with Crippen LogP contribution in [0.2, 0.25) is 0 Å². The van der Waals surface area contributed by atoms with E-state index in [2.05, 4.69) is 19.9 Å². The van der Waals surface area contributed by atoms with Gasteiger partial charge < -0.3 is 14.9 Å². The van der Waals surface area contributed by atoms with Crippen LogP contribution in [-0.2, 0) is 16.9 Å². The fourth-order valence-electron chi connectivity index (χ4n) is 5.23. The van der Waals surface area contributed by atoms with Crippen LogP contribution in [0.5, 0.6) is 5.75 Å². The van der Waals surface area contributed by atoms with Crippen molar-refractivity contribution in [3.05, 3.63) is 66.0 Å². The van der Waals surface area contributed by atoms with Gasteiger partial charge in [-0.15, -0.1) is 0 Å². The molecular formula is C26H25FN6O4. The lowest BCUT2D eigenvalue weighted by Gasteiger charge is -2.46. The highest BCUT2D eigenvalue weighted by Crippen LogP contribution is 2.46. The third kappa shape index (κ3) is 3.82. The first-order chi connectivity index (χ1) is 17.5. The zero-order valence-electron chi connectivity index (χ0n) is 20.5. The topological polar surface area (TPSA) is 126 Å². The van der Waals surface area contributed by atoms with Gasteiger partial charge >= 0.3 is 0 Å². The van der Waals surface area contributed by atoms with E-state index in [0.717, 1.165) is 5.69 Å². The molecule has 10 nitrogen and oxygen atoms in total. The number of fused-ring (bicyclic) bond motifs is 2. The number of anilines is 1. The summed E-state index contributed by atoms with van der Waals surface area (Å²) in [4.78, 5) is 32.3. The van der Waals surface area contributed by atoms with Gasteiger partial charge in [0.15, 0.2) is 29.1 Å². The molecule has 3 aromatic heterocycles. The summed E-state index contributed by atoms with van der Waals surface area (Å²) in [6.45, 7) is 5.26. The molecule has 0 bridgehead atoms. The number of para-hydroxylation sites is 1. The minimum Gasteiger partial charge on any atom is -0.476 e. The van der Waals surface area contributed by atoms with Gasteiger partial charge in [0.25, 0.3) is 5.91 Å². The van der Waals surface area contributed by atoms with Crippen LogP contribution in [0.1, 0.15) is 43.9 Å². The number of halogens is 1. The third-order valence-electron chi connectivity index (χ3n) is 6.97. The van der Waals surface area contributed by atoms with Crippen molar-refractivity contribution in [2.45, 2.75) is 57.5 Å². The Bertz CT molecular complexity index is 1540. The Balaban J connectivity index is 1.35. The first-order valence-electron chi connectivity index (χ1n) is 11.9. The van der Waals surface area contributed by atoms with Crippen molar-refractivity contribution >= 4 is 17.2 Å². The van der Waals surface area contributed by atoms with Crippen LogP contribution < -0.4 is 9.64 Å². The van der Waals surface area contributed by atoms with Gasteiger partial charge in [-0.1, -0.05) is 6.07 Å². The van der Waals surface area contributed by atoms with Crippen molar-refractivity contribution in [1.29, 1.82) is 0 Å². The first kappa shape index (κ1) is 23.4. The molecule has 1 fully saturated rings. The highest BCUT2D eigenvalue weighted by molar-refractivity contribution is 5.99. The molecule has 4 heterocycles. The molecule has 2 N–H and O–H groups in total. The summed E-state index contributed by atoms with van der Waals surface area (Å²) in [5.41, 5.74) is 1.42. The molecule has 0 radical (unpaired) electrons. The molecule has 6 rings (SSSR count). The van der Waals surface area contributed by atoms with E-state index in [1.807, 2.05) is 11.3 Å². The van der Waals surface area contributed by atoms with E-state index >= 15 is 0 Å². The van der Waals surface area contributed by atoms with Gasteiger partial charge in [-0.3, -0.25) is 19.1 Å². The smallest absolute Gasteiger partial charge is 0.268 e. The van der Waals surface area contributed by atoms with Crippen LogP contribution >= 0.6 is 0 Å². The van der Waals surface area contributed by atoms with Crippen LogP contribution in [0, 0.1) is 12.7 Å². The molecular weight excluding hydrogens is 479 g/mol. The van der Waals surface area contributed by atoms with Gasteiger partial charge in [-0.2, -0.15) is 0 Å². The molecule has 1 amide bonds. The lowest BCUT2D eigenvalue weighted by Crippen LogP contribution is -2.53. The molecule has 2 aliphatic rings. The number of ether oxygens (including phenoxy) is 1. The minimum atomic E-state index is -1.24. The van der Waals surface area contributed by atoms with Crippen LogP contribution in [0.15, 0.2) is 43.0 Å². The number of aromatic nitrogens is 5. The SMILES string of the molecule is Cc1nc2cnc(-c3cnc([C@]4(O)C[C@@](C)(O)C4)nc3)cn2c1CN1C(=O)[C@@H](C)Oc2c(F)cccc21. The first-order valence-corrected chi connectivity index (χ1v) is 11.9. The maximum absolute atomic E-state index is 14.4. The molecule has 1 aliphatic carbocycles. The number of nitrogens with zero attached hydrogens (tertiary/aromatic N) is 6. The molecule has 1 saturated carbocycles. The van der Waals surface area contributed by atoms with Gasteiger partial charge in [0, 0.05) is 37.0 Å². The molecule has 37 heavy (non-hydrogen) atoms. The van der Waals surface area contributed by atoms with Crippen molar-refractivity contribution in [3.8, 4) is 17.0 Å². The molecule has 1 atom stereocenters. The Morgan fingerprint density at radius 3 is 2.59 bits per heavy atom. The zero-order chi connectivity index (χ0) is 26.1. The largest absolute Gasteiger partial charge is 0.476 e. The van der Waals surface area contributed by atoms with E-state index in [0.29, 0.717) is 28.3 Å². The maximum atomic E-state index is 14.4. The van der Waals surface area contributed by atoms with Gasteiger partial charge in [0.05, 0.1) is 41.1 Å². The lowest BCUT2D eigenvalue weighted by molar-refractivity contribution is -0.180. The molecule has 190 valence electrons. The number of hydrogen-bond donors (Lipinski definition) is 2. The average molecular weight is 505 g/mol. The predicted molar refractivity (Wildman–Crippen MR) is 130 cm³/mol. The molecule has 4 aromatic rings. The average Bonchev–Trinajstić information content (AvgIpc) is 3.15. The summed E-state index contributed by atoms with van der Waals surface area (Å²) in [6, 6.07) is 4.50. The third-order valence-corrected chi connectivity index (χ3v) is 6.97. The lowest BCUT2D eigenvalue weighted by atomic mass is 9.68. The Kier molecular flexibility index (Phi) is 5.08.